The van der Waals surface area contributed by atoms with Gasteiger partial charge in [0.1, 0.15) is 12.5 Å². The van der Waals surface area contributed by atoms with E-state index >= 15 is 0 Å². The van der Waals surface area contributed by atoms with Gasteiger partial charge < -0.3 is 14.4 Å². The number of ether oxygens (including phenoxy) is 2. The van der Waals surface area contributed by atoms with Gasteiger partial charge in [0.2, 0.25) is 0 Å². The lowest BCUT2D eigenvalue weighted by atomic mass is 10.2. The zero-order valence-corrected chi connectivity index (χ0v) is 22.0. The Labute approximate surface area is 216 Å². The van der Waals surface area contributed by atoms with Crippen molar-refractivity contribution in [1.29, 1.82) is 0 Å². The molecule has 0 amide bonds. The fourth-order valence-corrected chi connectivity index (χ4v) is 5.72. The van der Waals surface area contributed by atoms with Crippen LogP contribution in [0.5, 0.6) is 5.75 Å². The van der Waals surface area contributed by atoms with Gasteiger partial charge in [-0.15, -0.1) is 11.3 Å². The minimum absolute atomic E-state index is 0.0601. The highest BCUT2D eigenvalue weighted by molar-refractivity contribution is 7.17. The molecule has 3 heterocycles. The lowest BCUT2D eigenvalue weighted by molar-refractivity contribution is 0.0292. The van der Waals surface area contributed by atoms with Crippen molar-refractivity contribution >= 4 is 38.0 Å². The normalized spacial score (nSPS) is 14.8. The summed E-state index contributed by atoms with van der Waals surface area (Å²) in [5, 5.41) is 4.53. The van der Waals surface area contributed by atoms with Crippen LogP contribution in [0.15, 0.2) is 64.8 Å². The molecular weight excluding hydrogens is 470 g/mol. The van der Waals surface area contributed by atoms with Crippen LogP contribution in [-0.4, -0.2) is 54.9 Å². The Morgan fingerprint density at radius 3 is 2.61 bits per heavy atom. The molecule has 1 saturated heterocycles. The molecule has 5 rings (SSSR count). The minimum atomic E-state index is -0.0625. The first-order valence-electron chi connectivity index (χ1n) is 12.9. The number of unbranched alkanes of at least 4 members (excludes halogenated alkanes) is 1. The molecule has 1 aliphatic heterocycles. The molecule has 0 atom stereocenters. The molecule has 1 aliphatic rings. The molecule has 0 unspecified atom stereocenters. The second-order valence-corrected chi connectivity index (χ2v) is 10.6. The SMILES string of the molecule is CC(C)OCn1c(=O)ccc2ccc(OCCCCN3CCN(c4cccc5ccsc45)CC3)cc21. The van der Waals surface area contributed by atoms with Gasteiger partial charge in [-0.1, -0.05) is 12.1 Å². The lowest BCUT2D eigenvalue weighted by Gasteiger charge is -2.36. The molecule has 190 valence electrons. The Hall–Kier alpha value is -2.87. The quantitative estimate of drug-likeness (QED) is 0.263. The molecule has 0 N–H and O–H groups in total. The van der Waals surface area contributed by atoms with Crippen LogP contribution in [0.4, 0.5) is 5.69 Å². The maximum Gasteiger partial charge on any atom is 0.252 e. The zero-order valence-electron chi connectivity index (χ0n) is 21.2. The predicted molar refractivity (Wildman–Crippen MR) is 150 cm³/mol. The van der Waals surface area contributed by atoms with E-state index in [1.54, 1.807) is 10.6 Å². The van der Waals surface area contributed by atoms with E-state index in [-0.39, 0.29) is 18.4 Å². The van der Waals surface area contributed by atoms with Crippen molar-refractivity contribution in [3.8, 4) is 5.75 Å². The third-order valence-corrected chi connectivity index (χ3v) is 7.76. The second-order valence-electron chi connectivity index (χ2n) is 9.67. The largest absolute Gasteiger partial charge is 0.494 e. The molecule has 0 saturated carbocycles. The second kappa shape index (κ2) is 11.5. The highest BCUT2D eigenvalue weighted by Gasteiger charge is 2.18. The van der Waals surface area contributed by atoms with Crippen LogP contribution in [-0.2, 0) is 11.5 Å². The Morgan fingerprint density at radius 2 is 1.78 bits per heavy atom. The summed E-state index contributed by atoms with van der Waals surface area (Å²) in [5.74, 6) is 0.794. The molecule has 0 aliphatic carbocycles. The van der Waals surface area contributed by atoms with Gasteiger partial charge in [0, 0.05) is 38.3 Å². The van der Waals surface area contributed by atoms with Gasteiger partial charge >= 0.3 is 0 Å². The number of hydrogen-bond acceptors (Lipinski definition) is 6. The molecule has 4 aromatic rings. The number of fused-ring (bicyclic) bond motifs is 2. The number of aromatic nitrogens is 1. The molecular formula is C29H35N3O3S. The number of hydrogen-bond donors (Lipinski definition) is 0. The van der Waals surface area contributed by atoms with E-state index in [1.807, 2.05) is 49.4 Å². The summed E-state index contributed by atoms with van der Waals surface area (Å²) >= 11 is 1.84. The molecule has 0 spiro atoms. The van der Waals surface area contributed by atoms with Crippen molar-refractivity contribution < 1.29 is 9.47 Å². The van der Waals surface area contributed by atoms with Gasteiger partial charge in [-0.2, -0.15) is 0 Å². The van der Waals surface area contributed by atoms with E-state index in [2.05, 4.69) is 39.4 Å². The van der Waals surface area contributed by atoms with Crippen LogP contribution < -0.4 is 15.2 Å². The van der Waals surface area contributed by atoms with Crippen molar-refractivity contribution in [3.63, 3.8) is 0 Å². The highest BCUT2D eigenvalue weighted by atomic mass is 32.1. The van der Waals surface area contributed by atoms with Gasteiger partial charge in [-0.3, -0.25) is 14.3 Å². The van der Waals surface area contributed by atoms with Crippen LogP contribution in [0.3, 0.4) is 0 Å². The predicted octanol–water partition coefficient (Wildman–Crippen LogP) is 5.58. The Bertz CT molecular complexity index is 1350. The minimum Gasteiger partial charge on any atom is -0.494 e. The standard InChI is InChI=1S/C29H35N3O3S/c1-22(2)35-21-32-27-20-25(10-8-23(27)9-11-28(32)33)34-18-4-3-13-30-14-16-31(17-15-30)26-7-5-6-24-12-19-36-29(24)26/h5-12,19-20,22H,3-4,13-18,21H2,1-2H3. The summed E-state index contributed by atoms with van der Waals surface area (Å²) in [7, 11) is 0. The lowest BCUT2D eigenvalue weighted by Crippen LogP contribution is -2.46. The third-order valence-electron chi connectivity index (χ3n) is 6.81. The molecule has 0 radical (unpaired) electrons. The van der Waals surface area contributed by atoms with Crippen LogP contribution in [0.2, 0.25) is 0 Å². The summed E-state index contributed by atoms with van der Waals surface area (Å²) < 4.78 is 14.8. The number of benzene rings is 2. The van der Waals surface area contributed by atoms with Crippen LogP contribution in [0.25, 0.3) is 21.0 Å². The van der Waals surface area contributed by atoms with Crippen molar-refractivity contribution in [2.45, 2.75) is 39.5 Å². The number of piperazine rings is 1. The van der Waals surface area contributed by atoms with Gasteiger partial charge in [0.15, 0.2) is 0 Å². The van der Waals surface area contributed by atoms with E-state index in [4.69, 9.17) is 9.47 Å². The fourth-order valence-electron chi connectivity index (χ4n) is 4.78. The summed E-state index contributed by atoms with van der Waals surface area (Å²) in [5.41, 5.74) is 2.16. The Morgan fingerprint density at radius 1 is 0.944 bits per heavy atom. The molecule has 1 fully saturated rings. The van der Waals surface area contributed by atoms with Gasteiger partial charge in [-0.25, -0.2) is 0 Å². The average Bonchev–Trinajstić information content (AvgIpc) is 3.37. The molecule has 6 nitrogen and oxygen atoms in total. The summed E-state index contributed by atoms with van der Waals surface area (Å²) in [6.07, 6.45) is 2.18. The number of pyridine rings is 1. The third kappa shape index (κ3) is 5.75. The smallest absolute Gasteiger partial charge is 0.252 e. The zero-order chi connectivity index (χ0) is 24.9. The Balaban J connectivity index is 1.08. The molecule has 2 aromatic heterocycles. The number of anilines is 1. The summed E-state index contributed by atoms with van der Waals surface area (Å²) in [6, 6.07) is 18.2. The van der Waals surface area contributed by atoms with E-state index in [0.717, 1.165) is 62.2 Å². The number of rotatable bonds is 10. The molecule has 7 heteroatoms. The van der Waals surface area contributed by atoms with E-state index in [1.165, 1.54) is 15.8 Å². The van der Waals surface area contributed by atoms with Gasteiger partial charge in [-0.05, 0) is 79.7 Å². The molecule has 0 bridgehead atoms. The van der Waals surface area contributed by atoms with Crippen LogP contribution in [0, 0.1) is 0 Å². The van der Waals surface area contributed by atoms with Crippen molar-refractivity contribution in [2.75, 3.05) is 44.2 Å². The van der Waals surface area contributed by atoms with Crippen molar-refractivity contribution in [3.05, 3.63) is 70.3 Å². The monoisotopic (exact) mass is 505 g/mol. The van der Waals surface area contributed by atoms with Crippen LogP contribution >= 0.6 is 11.3 Å². The number of thiophene rings is 1. The van der Waals surface area contributed by atoms with Crippen LogP contribution in [0.1, 0.15) is 26.7 Å². The summed E-state index contributed by atoms with van der Waals surface area (Å²) in [6.45, 7) is 10.3. The van der Waals surface area contributed by atoms with Gasteiger partial charge in [0.25, 0.3) is 5.56 Å². The first-order valence-corrected chi connectivity index (χ1v) is 13.8. The number of nitrogens with zero attached hydrogens (tertiary/aromatic N) is 3. The molecule has 2 aromatic carbocycles. The van der Waals surface area contributed by atoms with E-state index in [0.29, 0.717) is 6.61 Å². The Kier molecular flexibility index (Phi) is 7.90. The highest BCUT2D eigenvalue weighted by Crippen LogP contribution is 2.32. The van der Waals surface area contributed by atoms with Gasteiger partial charge in [0.05, 0.1) is 28.6 Å². The maximum absolute atomic E-state index is 12.4. The van der Waals surface area contributed by atoms with Crippen molar-refractivity contribution in [2.24, 2.45) is 0 Å². The topological polar surface area (TPSA) is 46.9 Å². The first-order chi connectivity index (χ1) is 17.6. The van der Waals surface area contributed by atoms with E-state index < -0.39 is 0 Å². The molecule has 36 heavy (non-hydrogen) atoms. The first kappa shape index (κ1) is 24.8. The fraction of sp³-hybridized carbons (Fsp3) is 0.414. The maximum atomic E-state index is 12.4. The van der Waals surface area contributed by atoms with E-state index in [9.17, 15) is 4.79 Å². The average molecular weight is 506 g/mol. The summed E-state index contributed by atoms with van der Waals surface area (Å²) in [4.78, 5) is 17.5. The van der Waals surface area contributed by atoms with Crippen molar-refractivity contribution in [1.82, 2.24) is 9.47 Å².